The third-order valence-electron chi connectivity index (χ3n) is 3.86. The molecule has 6 nitrogen and oxygen atoms in total. The summed E-state index contributed by atoms with van der Waals surface area (Å²) in [5, 5.41) is 4.00. The van der Waals surface area contributed by atoms with Crippen molar-refractivity contribution < 1.29 is 31.1 Å². The van der Waals surface area contributed by atoms with Gasteiger partial charge in [-0.15, -0.1) is 24.5 Å². The van der Waals surface area contributed by atoms with Crippen molar-refractivity contribution in [3.8, 4) is 5.75 Å². The molecule has 1 N–H and O–H groups in total. The van der Waals surface area contributed by atoms with Gasteiger partial charge in [0, 0.05) is 18.8 Å². The number of halogens is 3. The van der Waals surface area contributed by atoms with Gasteiger partial charge < -0.3 is 10.1 Å². The van der Waals surface area contributed by atoms with Crippen molar-refractivity contribution in [1.29, 1.82) is 0 Å². The van der Waals surface area contributed by atoms with Gasteiger partial charge >= 0.3 is 6.36 Å². The molecule has 1 aliphatic heterocycles. The first-order valence-corrected chi connectivity index (χ1v) is 10.2. The zero-order chi connectivity index (χ0) is 19.7. The fraction of sp³-hybridized carbons (Fsp3) is 0.312. The number of carbonyl (C=O) groups excluding carboxylic acids is 1. The number of sulfonamides is 1. The molecule has 1 amide bonds. The normalized spacial score (nSPS) is 15.7. The standard InChI is InChI=1S/C16H15F3N2O4S2/c17-16(18,19)25-12-5-3-11(4-6-12)20-15(22)14-13(7-10-26-14)27(23,24)21-8-1-2-9-21/h3-7,10H,1-2,8-9H2,(H,20,22). The Labute approximate surface area is 157 Å². The fourth-order valence-electron chi connectivity index (χ4n) is 2.66. The highest BCUT2D eigenvalue weighted by Gasteiger charge is 2.32. The van der Waals surface area contributed by atoms with E-state index in [4.69, 9.17) is 0 Å². The lowest BCUT2D eigenvalue weighted by atomic mass is 10.3. The molecule has 1 aromatic heterocycles. The van der Waals surface area contributed by atoms with E-state index >= 15 is 0 Å². The van der Waals surface area contributed by atoms with Gasteiger partial charge in [0.05, 0.1) is 0 Å². The van der Waals surface area contributed by atoms with Crippen LogP contribution >= 0.6 is 11.3 Å². The molecular weight excluding hydrogens is 405 g/mol. The van der Waals surface area contributed by atoms with Crippen molar-refractivity contribution in [2.45, 2.75) is 24.1 Å². The minimum atomic E-state index is -4.80. The molecule has 1 saturated heterocycles. The zero-order valence-corrected chi connectivity index (χ0v) is 15.5. The maximum atomic E-state index is 12.7. The molecule has 3 rings (SSSR count). The number of hydrogen-bond acceptors (Lipinski definition) is 5. The van der Waals surface area contributed by atoms with Crippen LogP contribution in [0.5, 0.6) is 5.75 Å². The van der Waals surface area contributed by atoms with Gasteiger partial charge in [0.25, 0.3) is 5.91 Å². The summed E-state index contributed by atoms with van der Waals surface area (Å²) in [6, 6.07) is 5.97. The van der Waals surface area contributed by atoms with Gasteiger partial charge in [0.2, 0.25) is 10.0 Å². The van der Waals surface area contributed by atoms with Crippen molar-refractivity contribution in [1.82, 2.24) is 4.31 Å². The number of ether oxygens (including phenoxy) is 1. The lowest BCUT2D eigenvalue weighted by molar-refractivity contribution is -0.274. The number of anilines is 1. The van der Waals surface area contributed by atoms with Crippen molar-refractivity contribution >= 4 is 33.0 Å². The van der Waals surface area contributed by atoms with Gasteiger partial charge in [-0.3, -0.25) is 4.79 Å². The van der Waals surface area contributed by atoms with E-state index in [1.807, 2.05) is 0 Å². The smallest absolute Gasteiger partial charge is 0.406 e. The summed E-state index contributed by atoms with van der Waals surface area (Å²) in [5.74, 6) is -1.07. The molecule has 0 aliphatic carbocycles. The Morgan fingerprint density at radius 1 is 1.11 bits per heavy atom. The Bertz CT molecular complexity index is 918. The Morgan fingerprint density at radius 2 is 1.74 bits per heavy atom. The number of nitrogens with one attached hydrogen (secondary N) is 1. The third-order valence-corrected chi connectivity index (χ3v) is 6.85. The molecule has 2 heterocycles. The summed E-state index contributed by atoms with van der Waals surface area (Å²) in [6.07, 6.45) is -3.25. The predicted molar refractivity (Wildman–Crippen MR) is 93.4 cm³/mol. The number of alkyl halides is 3. The number of nitrogens with zero attached hydrogens (tertiary/aromatic N) is 1. The molecule has 146 valence electrons. The molecule has 2 aromatic rings. The minimum absolute atomic E-state index is 0.0255. The first-order valence-electron chi connectivity index (χ1n) is 7.92. The van der Waals surface area contributed by atoms with E-state index in [9.17, 15) is 26.4 Å². The summed E-state index contributed by atoms with van der Waals surface area (Å²) in [4.78, 5) is 12.4. The lowest BCUT2D eigenvalue weighted by Crippen LogP contribution is -2.29. The highest BCUT2D eigenvalue weighted by Crippen LogP contribution is 2.29. The highest BCUT2D eigenvalue weighted by molar-refractivity contribution is 7.89. The molecule has 27 heavy (non-hydrogen) atoms. The summed E-state index contributed by atoms with van der Waals surface area (Å²) in [6.45, 7) is 0.833. The van der Waals surface area contributed by atoms with E-state index < -0.39 is 28.0 Å². The molecule has 0 radical (unpaired) electrons. The van der Waals surface area contributed by atoms with Crippen LogP contribution in [0.25, 0.3) is 0 Å². The average molecular weight is 420 g/mol. The lowest BCUT2D eigenvalue weighted by Gasteiger charge is -2.15. The second-order valence-electron chi connectivity index (χ2n) is 5.75. The van der Waals surface area contributed by atoms with E-state index in [-0.39, 0.29) is 15.5 Å². The third kappa shape index (κ3) is 4.60. The molecule has 0 saturated carbocycles. The quantitative estimate of drug-likeness (QED) is 0.801. The van der Waals surface area contributed by atoms with E-state index in [1.54, 1.807) is 0 Å². The largest absolute Gasteiger partial charge is 0.573 e. The van der Waals surface area contributed by atoms with Gasteiger partial charge in [-0.2, -0.15) is 4.31 Å². The van der Waals surface area contributed by atoms with Crippen LogP contribution in [-0.4, -0.2) is 38.1 Å². The summed E-state index contributed by atoms with van der Waals surface area (Å²) in [5.41, 5.74) is 0.215. The maximum absolute atomic E-state index is 12.7. The second-order valence-corrected chi connectivity index (χ2v) is 8.57. The first kappa shape index (κ1) is 19.6. The van der Waals surface area contributed by atoms with Crippen LogP contribution in [0.2, 0.25) is 0 Å². The molecule has 11 heteroatoms. The van der Waals surface area contributed by atoms with Crippen LogP contribution in [0.15, 0.2) is 40.6 Å². The Hall–Kier alpha value is -2.11. The monoisotopic (exact) mass is 420 g/mol. The first-order chi connectivity index (χ1) is 12.7. The highest BCUT2D eigenvalue weighted by atomic mass is 32.2. The van der Waals surface area contributed by atoms with Crippen molar-refractivity contribution in [3.63, 3.8) is 0 Å². The number of carbonyl (C=O) groups is 1. The van der Waals surface area contributed by atoms with E-state index in [2.05, 4.69) is 10.1 Å². The summed E-state index contributed by atoms with van der Waals surface area (Å²) in [7, 11) is -3.75. The molecule has 0 spiro atoms. The van der Waals surface area contributed by atoms with Crippen molar-refractivity contribution in [3.05, 3.63) is 40.6 Å². The Kier molecular flexibility index (Phi) is 5.45. The van der Waals surface area contributed by atoms with Gasteiger partial charge in [-0.1, -0.05) is 0 Å². The van der Waals surface area contributed by atoms with Crippen LogP contribution in [0.1, 0.15) is 22.5 Å². The molecule has 0 unspecified atom stereocenters. The van der Waals surface area contributed by atoms with Crippen molar-refractivity contribution in [2.75, 3.05) is 18.4 Å². The van der Waals surface area contributed by atoms with Gasteiger partial charge in [-0.25, -0.2) is 8.42 Å². The number of amides is 1. The molecule has 0 atom stereocenters. The second kappa shape index (κ2) is 7.49. The Balaban J connectivity index is 1.75. The van der Waals surface area contributed by atoms with E-state index in [0.717, 1.165) is 36.3 Å². The van der Waals surface area contributed by atoms with E-state index in [0.29, 0.717) is 13.1 Å². The van der Waals surface area contributed by atoms with Crippen LogP contribution in [0.3, 0.4) is 0 Å². The number of thiophene rings is 1. The molecule has 1 fully saturated rings. The van der Waals surface area contributed by atoms with Gasteiger partial charge in [0.1, 0.15) is 15.5 Å². The Morgan fingerprint density at radius 3 is 2.33 bits per heavy atom. The topological polar surface area (TPSA) is 75.7 Å². The van der Waals surface area contributed by atoms with Crippen LogP contribution in [-0.2, 0) is 10.0 Å². The maximum Gasteiger partial charge on any atom is 0.573 e. The van der Waals surface area contributed by atoms with Crippen LogP contribution in [0, 0.1) is 0 Å². The molecular formula is C16H15F3N2O4S2. The van der Waals surface area contributed by atoms with Crippen LogP contribution < -0.4 is 10.1 Å². The summed E-state index contributed by atoms with van der Waals surface area (Å²) < 4.78 is 67.0. The SMILES string of the molecule is O=C(Nc1ccc(OC(F)(F)F)cc1)c1sccc1S(=O)(=O)N1CCCC1. The van der Waals surface area contributed by atoms with Gasteiger partial charge in [0.15, 0.2) is 0 Å². The number of benzene rings is 1. The molecule has 1 aliphatic rings. The average Bonchev–Trinajstić information content (AvgIpc) is 3.27. The molecule has 1 aromatic carbocycles. The molecule has 0 bridgehead atoms. The number of rotatable bonds is 5. The fourth-order valence-corrected chi connectivity index (χ4v) is 5.47. The van der Waals surface area contributed by atoms with E-state index in [1.165, 1.54) is 27.9 Å². The predicted octanol–water partition coefficient (Wildman–Crippen LogP) is 3.68. The van der Waals surface area contributed by atoms with Crippen LogP contribution in [0.4, 0.5) is 18.9 Å². The summed E-state index contributed by atoms with van der Waals surface area (Å²) >= 11 is 0.982. The zero-order valence-electron chi connectivity index (χ0n) is 13.8. The minimum Gasteiger partial charge on any atom is -0.406 e. The van der Waals surface area contributed by atoms with Crippen molar-refractivity contribution in [2.24, 2.45) is 0 Å². The van der Waals surface area contributed by atoms with Gasteiger partial charge in [-0.05, 0) is 48.6 Å². The number of hydrogen-bond donors (Lipinski definition) is 1.